The number of benzene rings is 2. The van der Waals surface area contributed by atoms with E-state index < -0.39 is 23.8 Å². The molecule has 0 unspecified atom stereocenters. The van der Waals surface area contributed by atoms with E-state index >= 15 is 0 Å². The Morgan fingerprint density at radius 3 is 2.24 bits per heavy atom. The number of likely N-dealkylation sites (tertiary alicyclic amines) is 1. The van der Waals surface area contributed by atoms with Gasteiger partial charge in [-0.2, -0.15) is 0 Å². The standard InChI is InChI=1S/C30H41NO6/c1-29(2)34-20-25(35-29)27(33-19-22-13-9-6-10-14-22)28-26(36-30(3,4)37-28)24-17-23(32)15-16-31(24)18-21-11-7-5-8-12-21/h5-14,23-28,32H,15-20H2,1-4H3/t23-,24+,25+,26-,27+,28+/m0/s1. The van der Waals surface area contributed by atoms with E-state index in [-0.39, 0.29) is 24.4 Å². The lowest BCUT2D eigenvalue weighted by atomic mass is 9.89. The van der Waals surface area contributed by atoms with Gasteiger partial charge < -0.3 is 28.8 Å². The SMILES string of the molecule is CC1(C)O[C@@H]([C@H](OCc2ccccc2)[C@H]2COC(C)(C)O2)[C@H]([C@H]2C[C@@H](O)CCN2Cc2ccccc2)O1. The molecule has 7 heteroatoms. The number of hydrogen-bond donors (Lipinski definition) is 1. The van der Waals surface area contributed by atoms with Crippen LogP contribution in [0, 0.1) is 0 Å². The minimum Gasteiger partial charge on any atom is -0.393 e. The van der Waals surface area contributed by atoms with Crippen molar-refractivity contribution in [1.82, 2.24) is 4.90 Å². The normalized spacial score (nSPS) is 32.4. The molecule has 6 atom stereocenters. The van der Waals surface area contributed by atoms with Crippen molar-refractivity contribution in [2.75, 3.05) is 13.2 Å². The molecule has 0 spiro atoms. The summed E-state index contributed by atoms with van der Waals surface area (Å²) in [5, 5.41) is 10.7. The van der Waals surface area contributed by atoms with Gasteiger partial charge in [-0.25, -0.2) is 0 Å². The van der Waals surface area contributed by atoms with Gasteiger partial charge in [0.25, 0.3) is 0 Å². The first kappa shape index (κ1) is 26.8. The first-order chi connectivity index (χ1) is 17.7. The zero-order valence-electron chi connectivity index (χ0n) is 22.4. The molecular formula is C30H41NO6. The topological polar surface area (TPSA) is 69.6 Å². The maximum absolute atomic E-state index is 10.7. The van der Waals surface area contributed by atoms with Crippen LogP contribution in [0.4, 0.5) is 0 Å². The van der Waals surface area contributed by atoms with Gasteiger partial charge in [-0.05, 0) is 51.7 Å². The van der Waals surface area contributed by atoms with E-state index in [1.54, 1.807) is 0 Å². The summed E-state index contributed by atoms with van der Waals surface area (Å²) in [5.74, 6) is -1.48. The van der Waals surface area contributed by atoms with Gasteiger partial charge >= 0.3 is 0 Å². The molecule has 3 aliphatic heterocycles. The quantitative estimate of drug-likeness (QED) is 0.568. The Morgan fingerprint density at radius 1 is 0.919 bits per heavy atom. The molecule has 5 rings (SSSR count). The smallest absolute Gasteiger partial charge is 0.163 e. The molecule has 0 bridgehead atoms. The predicted octanol–water partition coefficient (Wildman–Crippen LogP) is 4.27. The molecule has 0 saturated carbocycles. The summed E-state index contributed by atoms with van der Waals surface area (Å²) in [6, 6.07) is 20.6. The van der Waals surface area contributed by atoms with E-state index in [1.807, 2.05) is 52.0 Å². The summed E-state index contributed by atoms with van der Waals surface area (Å²) in [5.41, 5.74) is 2.32. The molecule has 3 saturated heterocycles. The largest absolute Gasteiger partial charge is 0.393 e. The number of ether oxygens (including phenoxy) is 5. The number of aliphatic hydroxyl groups is 1. The fraction of sp³-hybridized carbons (Fsp3) is 0.600. The molecule has 0 aliphatic carbocycles. The molecule has 7 nitrogen and oxygen atoms in total. The van der Waals surface area contributed by atoms with Crippen LogP contribution in [0.3, 0.4) is 0 Å². The van der Waals surface area contributed by atoms with Gasteiger partial charge in [-0.1, -0.05) is 60.7 Å². The summed E-state index contributed by atoms with van der Waals surface area (Å²) < 4.78 is 32.1. The minimum absolute atomic E-state index is 0.0334. The van der Waals surface area contributed by atoms with Gasteiger partial charge in [0.15, 0.2) is 11.6 Å². The summed E-state index contributed by atoms with van der Waals surface area (Å²) >= 11 is 0. The minimum atomic E-state index is -0.792. The number of aliphatic hydroxyl groups excluding tert-OH is 1. The average molecular weight is 512 g/mol. The summed E-state index contributed by atoms with van der Waals surface area (Å²) in [6.07, 6.45) is -0.430. The Bertz CT molecular complexity index is 1000. The fourth-order valence-electron chi connectivity index (χ4n) is 5.81. The Labute approximate surface area is 220 Å². The summed E-state index contributed by atoms with van der Waals surface area (Å²) in [4.78, 5) is 2.43. The van der Waals surface area contributed by atoms with Crippen molar-refractivity contribution < 1.29 is 28.8 Å². The first-order valence-electron chi connectivity index (χ1n) is 13.5. The Hall–Kier alpha value is -1.84. The van der Waals surface area contributed by atoms with E-state index in [1.165, 1.54) is 5.56 Å². The molecule has 1 N–H and O–H groups in total. The number of rotatable bonds is 8. The van der Waals surface area contributed by atoms with Crippen LogP contribution in [0.1, 0.15) is 51.7 Å². The van der Waals surface area contributed by atoms with Gasteiger partial charge in [0.2, 0.25) is 0 Å². The van der Waals surface area contributed by atoms with Gasteiger partial charge in [-0.3, -0.25) is 4.90 Å². The van der Waals surface area contributed by atoms with E-state index in [0.717, 1.165) is 25.1 Å². The Balaban J connectivity index is 1.42. The van der Waals surface area contributed by atoms with Crippen molar-refractivity contribution in [2.24, 2.45) is 0 Å². The first-order valence-corrected chi connectivity index (χ1v) is 13.5. The van der Waals surface area contributed by atoms with Crippen LogP contribution in [0.5, 0.6) is 0 Å². The number of nitrogens with zero attached hydrogens (tertiary/aromatic N) is 1. The molecule has 0 radical (unpaired) electrons. The third-order valence-corrected chi connectivity index (χ3v) is 7.51. The molecule has 3 aliphatic rings. The van der Waals surface area contributed by atoms with Gasteiger partial charge in [0.1, 0.15) is 24.4 Å². The van der Waals surface area contributed by atoms with Crippen LogP contribution in [0.25, 0.3) is 0 Å². The summed E-state index contributed by atoms with van der Waals surface area (Å²) in [7, 11) is 0. The van der Waals surface area contributed by atoms with E-state index in [4.69, 9.17) is 23.7 Å². The highest BCUT2D eigenvalue weighted by Gasteiger charge is 2.54. The predicted molar refractivity (Wildman–Crippen MR) is 140 cm³/mol. The lowest BCUT2D eigenvalue weighted by Crippen LogP contribution is -2.57. The Kier molecular flexibility index (Phi) is 8.03. The summed E-state index contributed by atoms with van der Waals surface area (Å²) in [6.45, 7) is 10.2. The maximum atomic E-state index is 10.7. The Morgan fingerprint density at radius 2 is 1.59 bits per heavy atom. The molecule has 202 valence electrons. The van der Waals surface area contributed by atoms with Crippen molar-refractivity contribution in [2.45, 2.75) is 102 Å². The van der Waals surface area contributed by atoms with E-state index in [0.29, 0.717) is 19.6 Å². The van der Waals surface area contributed by atoms with Crippen molar-refractivity contribution in [1.29, 1.82) is 0 Å². The zero-order chi connectivity index (χ0) is 26.0. The lowest BCUT2D eigenvalue weighted by molar-refractivity contribution is -0.190. The lowest BCUT2D eigenvalue weighted by Gasteiger charge is -2.43. The molecule has 0 amide bonds. The number of hydrogen-bond acceptors (Lipinski definition) is 7. The van der Waals surface area contributed by atoms with Crippen molar-refractivity contribution in [3.05, 3.63) is 71.8 Å². The van der Waals surface area contributed by atoms with Crippen molar-refractivity contribution in [3.8, 4) is 0 Å². The van der Waals surface area contributed by atoms with Gasteiger partial charge in [0, 0.05) is 19.1 Å². The van der Waals surface area contributed by atoms with Crippen LogP contribution in [0.2, 0.25) is 0 Å². The zero-order valence-corrected chi connectivity index (χ0v) is 22.4. The van der Waals surface area contributed by atoms with E-state index in [2.05, 4.69) is 41.3 Å². The van der Waals surface area contributed by atoms with Crippen molar-refractivity contribution in [3.63, 3.8) is 0 Å². The number of piperidine rings is 1. The van der Waals surface area contributed by atoms with Crippen LogP contribution >= 0.6 is 0 Å². The van der Waals surface area contributed by atoms with E-state index in [9.17, 15) is 5.11 Å². The molecule has 2 aromatic carbocycles. The highest BCUT2D eigenvalue weighted by atomic mass is 16.8. The fourth-order valence-corrected chi connectivity index (χ4v) is 5.81. The second-order valence-electron chi connectivity index (χ2n) is 11.4. The molecule has 0 aromatic heterocycles. The molecule has 3 heterocycles. The highest BCUT2D eigenvalue weighted by molar-refractivity contribution is 5.16. The maximum Gasteiger partial charge on any atom is 0.163 e. The van der Waals surface area contributed by atoms with Gasteiger partial charge in [0.05, 0.1) is 19.3 Å². The van der Waals surface area contributed by atoms with Crippen LogP contribution in [-0.2, 0) is 36.8 Å². The van der Waals surface area contributed by atoms with Crippen LogP contribution in [0.15, 0.2) is 60.7 Å². The average Bonchev–Trinajstić information content (AvgIpc) is 3.39. The molecular weight excluding hydrogens is 470 g/mol. The van der Waals surface area contributed by atoms with Crippen LogP contribution in [-0.4, -0.2) is 71.3 Å². The third kappa shape index (κ3) is 6.60. The highest BCUT2D eigenvalue weighted by Crippen LogP contribution is 2.40. The third-order valence-electron chi connectivity index (χ3n) is 7.51. The molecule has 3 fully saturated rings. The monoisotopic (exact) mass is 511 g/mol. The molecule has 2 aromatic rings. The van der Waals surface area contributed by atoms with Crippen LogP contribution < -0.4 is 0 Å². The second-order valence-corrected chi connectivity index (χ2v) is 11.4. The molecule has 37 heavy (non-hydrogen) atoms. The van der Waals surface area contributed by atoms with Gasteiger partial charge in [-0.15, -0.1) is 0 Å². The van der Waals surface area contributed by atoms with Crippen molar-refractivity contribution >= 4 is 0 Å². The second kappa shape index (κ2) is 11.1.